The molecule has 3 aromatic rings. The number of nitrogens with zero attached hydrogens (tertiary/aromatic N) is 3. The van der Waals surface area contributed by atoms with Crippen molar-refractivity contribution in [3.05, 3.63) is 90.4 Å². The van der Waals surface area contributed by atoms with Gasteiger partial charge in [0.2, 0.25) is 0 Å². The summed E-state index contributed by atoms with van der Waals surface area (Å²) in [6.07, 6.45) is 7.48. The molecule has 2 aromatic carbocycles. The molecule has 1 aromatic heterocycles. The van der Waals surface area contributed by atoms with E-state index in [-0.39, 0.29) is 0 Å². The zero-order valence-electron chi connectivity index (χ0n) is 13.3. The van der Waals surface area contributed by atoms with Crippen molar-refractivity contribution in [2.24, 2.45) is 4.99 Å². The molecule has 3 nitrogen and oxygen atoms in total. The Hall–Kier alpha value is -3.07. The van der Waals surface area contributed by atoms with Crippen molar-refractivity contribution in [3.8, 4) is 11.4 Å². The summed E-state index contributed by atoms with van der Waals surface area (Å²) >= 11 is 0. The average Bonchev–Trinajstić information content (AvgIpc) is 3.12. The SMILES string of the molecule is C1=C(c2cnc(-c3ccccc3)nc2)CC(Cc2ccccc2)=N1. The highest BCUT2D eigenvalue weighted by molar-refractivity contribution is 5.99. The molecular formula is C21H17N3. The highest BCUT2D eigenvalue weighted by Gasteiger charge is 2.13. The molecular weight excluding hydrogens is 294 g/mol. The molecule has 0 unspecified atom stereocenters. The first kappa shape index (κ1) is 14.5. The van der Waals surface area contributed by atoms with E-state index in [0.29, 0.717) is 0 Å². The minimum absolute atomic E-state index is 0.753. The Morgan fingerprint density at radius 2 is 1.42 bits per heavy atom. The van der Waals surface area contributed by atoms with Crippen molar-refractivity contribution in [2.45, 2.75) is 12.8 Å². The molecule has 0 N–H and O–H groups in total. The molecule has 0 radical (unpaired) electrons. The molecule has 0 fully saturated rings. The number of aromatic nitrogens is 2. The van der Waals surface area contributed by atoms with Crippen molar-refractivity contribution < 1.29 is 0 Å². The predicted molar refractivity (Wildman–Crippen MR) is 97.6 cm³/mol. The quantitative estimate of drug-likeness (QED) is 0.708. The van der Waals surface area contributed by atoms with Crippen molar-refractivity contribution in [1.82, 2.24) is 9.97 Å². The van der Waals surface area contributed by atoms with E-state index < -0.39 is 0 Å². The van der Waals surface area contributed by atoms with Crippen LogP contribution in [0.3, 0.4) is 0 Å². The lowest BCUT2D eigenvalue weighted by atomic mass is 10.0. The predicted octanol–water partition coefficient (Wildman–Crippen LogP) is 4.57. The molecule has 0 atom stereocenters. The molecule has 24 heavy (non-hydrogen) atoms. The first-order valence-corrected chi connectivity index (χ1v) is 8.05. The van der Waals surface area contributed by atoms with Gasteiger partial charge in [0, 0.05) is 48.3 Å². The maximum Gasteiger partial charge on any atom is 0.159 e. The first-order chi connectivity index (χ1) is 11.9. The van der Waals surface area contributed by atoms with E-state index in [1.165, 1.54) is 16.8 Å². The van der Waals surface area contributed by atoms with Gasteiger partial charge in [-0.15, -0.1) is 0 Å². The molecule has 3 heteroatoms. The van der Waals surface area contributed by atoms with Gasteiger partial charge in [-0.05, 0) is 11.1 Å². The average molecular weight is 311 g/mol. The van der Waals surface area contributed by atoms with Gasteiger partial charge in [0.05, 0.1) is 0 Å². The summed E-state index contributed by atoms with van der Waals surface area (Å²) in [6, 6.07) is 20.5. The summed E-state index contributed by atoms with van der Waals surface area (Å²) in [5.41, 5.74) is 5.73. The zero-order chi connectivity index (χ0) is 16.2. The van der Waals surface area contributed by atoms with Crippen molar-refractivity contribution in [1.29, 1.82) is 0 Å². The summed E-state index contributed by atoms with van der Waals surface area (Å²) in [7, 11) is 0. The number of rotatable bonds is 4. The van der Waals surface area contributed by atoms with Gasteiger partial charge in [0.1, 0.15) is 0 Å². The summed E-state index contributed by atoms with van der Waals surface area (Å²) in [5, 5.41) is 0. The van der Waals surface area contributed by atoms with Crippen molar-refractivity contribution in [3.63, 3.8) is 0 Å². The van der Waals surface area contributed by atoms with Gasteiger partial charge in [-0.1, -0.05) is 60.7 Å². The zero-order valence-corrected chi connectivity index (χ0v) is 13.3. The van der Waals surface area contributed by atoms with Crippen LogP contribution in [0.1, 0.15) is 17.5 Å². The van der Waals surface area contributed by atoms with Gasteiger partial charge in [-0.2, -0.15) is 0 Å². The van der Waals surface area contributed by atoms with Gasteiger partial charge >= 0.3 is 0 Å². The Bertz CT molecular complexity index is 879. The summed E-state index contributed by atoms with van der Waals surface area (Å²) in [4.78, 5) is 13.6. The summed E-state index contributed by atoms with van der Waals surface area (Å²) in [5.74, 6) is 0.753. The number of aliphatic imine (C=N–C) groups is 1. The highest BCUT2D eigenvalue weighted by Crippen LogP contribution is 2.25. The fourth-order valence-electron chi connectivity index (χ4n) is 2.83. The fraction of sp³-hybridized carbons (Fsp3) is 0.0952. The second kappa shape index (κ2) is 6.59. The number of benzene rings is 2. The molecule has 1 aliphatic heterocycles. The van der Waals surface area contributed by atoms with Gasteiger partial charge < -0.3 is 0 Å². The minimum Gasteiger partial charge on any atom is -0.265 e. The second-order valence-electron chi connectivity index (χ2n) is 5.85. The van der Waals surface area contributed by atoms with Gasteiger partial charge in [-0.3, -0.25) is 4.99 Å². The number of hydrogen-bond donors (Lipinski definition) is 0. The van der Waals surface area contributed by atoms with E-state index in [2.05, 4.69) is 39.2 Å². The molecule has 0 bridgehead atoms. The van der Waals surface area contributed by atoms with Gasteiger partial charge in [-0.25, -0.2) is 9.97 Å². The third-order valence-electron chi connectivity index (χ3n) is 4.10. The topological polar surface area (TPSA) is 38.1 Å². The maximum atomic E-state index is 4.57. The molecule has 0 saturated heterocycles. The van der Waals surface area contributed by atoms with E-state index in [0.717, 1.165) is 29.8 Å². The van der Waals surface area contributed by atoms with E-state index in [4.69, 9.17) is 0 Å². The molecule has 0 saturated carbocycles. The minimum atomic E-state index is 0.753. The Morgan fingerprint density at radius 1 is 0.750 bits per heavy atom. The lowest BCUT2D eigenvalue weighted by Gasteiger charge is -2.05. The van der Waals surface area contributed by atoms with Gasteiger partial charge in [0.15, 0.2) is 5.82 Å². The molecule has 0 aliphatic carbocycles. The smallest absolute Gasteiger partial charge is 0.159 e. The number of allylic oxidation sites excluding steroid dienone is 1. The lowest BCUT2D eigenvalue weighted by Crippen LogP contribution is -2.01. The third kappa shape index (κ3) is 3.15. The largest absolute Gasteiger partial charge is 0.265 e. The first-order valence-electron chi connectivity index (χ1n) is 8.05. The Kier molecular flexibility index (Phi) is 3.98. The monoisotopic (exact) mass is 311 g/mol. The van der Waals surface area contributed by atoms with Crippen LogP contribution in [-0.4, -0.2) is 15.7 Å². The molecule has 4 rings (SSSR count). The van der Waals surface area contributed by atoms with E-state index in [9.17, 15) is 0 Å². The molecule has 116 valence electrons. The maximum absolute atomic E-state index is 4.57. The normalized spacial score (nSPS) is 13.5. The van der Waals surface area contributed by atoms with Crippen LogP contribution in [0.4, 0.5) is 0 Å². The summed E-state index contributed by atoms with van der Waals surface area (Å²) < 4.78 is 0. The van der Waals surface area contributed by atoms with E-state index in [1.54, 1.807) is 0 Å². The van der Waals surface area contributed by atoms with Crippen LogP contribution in [0.5, 0.6) is 0 Å². The van der Waals surface area contributed by atoms with Crippen LogP contribution in [0.2, 0.25) is 0 Å². The van der Waals surface area contributed by atoms with Crippen LogP contribution in [-0.2, 0) is 6.42 Å². The standard InChI is InChI=1S/C21H17N3/c1-3-7-16(8-4-1)11-20-12-18(13-22-20)19-14-23-21(24-15-19)17-9-5-2-6-10-17/h1-10,13-15H,11-12H2. The summed E-state index contributed by atoms with van der Waals surface area (Å²) in [6.45, 7) is 0. The van der Waals surface area contributed by atoms with Crippen LogP contribution in [0.15, 0.2) is 84.2 Å². The van der Waals surface area contributed by atoms with Crippen LogP contribution in [0, 0.1) is 0 Å². The van der Waals surface area contributed by atoms with E-state index in [1.807, 2.05) is 55.0 Å². The molecule has 0 spiro atoms. The Labute approximate surface area is 141 Å². The van der Waals surface area contributed by atoms with Crippen LogP contribution >= 0.6 is 0 Å². The van der Waals surface area contributed by atoms with Crippen LogP contribution in [0.25, 0.3) is 17.0 Å². The van der Waals surface area contributed by atoms with Gasteiger partial charge in [0.25, 0.3) is 0 Å². The second-order valence-corrected chi connectivity index (χ2v) is 5.85. The number of hydrogen-bond acceptors (Lipinski definition) is 3. The Morgan fingerprint density at radius 3 is 2.12 bits per heavy atom. The molecule has 1 aliphatic rings. The third-order valence-corrected chi connectivity index (χ3v) is 4.10. The molecule has 2 heterocycles. The van der Waals surface area contributed by atoms with E-state index >= 15 is 0 Å². The van der Waals surface area contributed by atoms with Crippen molar-refractivity contribution >= 4 is 11.3 Å². The van der Waals surface area contributed by atoms with Crippen LogP contribution < -0.4 is 0 Å². The fourth-order valence-corrected chi connectivity index (χ4v) is 2.83. The lowest BCUT2D eigenvalue weighted by molar-refractivity contribution is 1.16. The Balaban J connectivity index is 1.45. The van der Waals surface area contributed by atoms with Crippen molar-refractivity contribution in [2.75, 3.05) is 0 Å². The molecule has 0 amide bonds. The highest BCUT2D eigenvalue weighted by atomic mass is 14.9.